The number of morpholine rings is 1. The highest BCUT2D eigenvalue weighted by molar-refractivity contribution is 7.10. The van der Waals surface area contributed by atoms with Crippen LogP contribution in [0.1, 0.15) is 11.1 Å². The molecule has 1 aromatic heterocycles. The van der Waals surface area contributed by atoms with Crippen molar-refractivity contribution in [2.75, 3.05) is 32.8 Å². The number of hydrogen-bond acceptors (Lipinski definition) is 5. The van der Waals surface area contributed by atoms with Gasteiger partial charge in [-0.05, 0) is 0 Å². The van der Waals surface area contributed by atoms with Gasteiger partial charge in [-0.15, -0.1) is 17.9 Å². The molecule has 3 rings (SSSR count). The van der Waals surface area contributed by atoms with Crippen LogP contribution in [0.4, 0.5) is 0 Å². The van der Waals surface area contributed by atoms with Crippen molar-refractivity contribution in [3.8, 4) is 11.3 Å². The highest BCUT2D eigenvalue weighted by Gasteiger charge is 2.25. The second-order valence-electron chi connectivity index (χ2n) is 5.62. The predicted octanol–water partition coefficient (Wildman–Crippen LogP) is 2.49. The minimum absolute atomic E-state index is 0.0136. The van der Waals surface area contributed by atoms with Gasteiger partial charge in [0, 0.05) is 30.6 Å². The van der Waals surface area contributed by atoms with E-state index in [0.29, 0.717) is 26.2 Å². The first-order valence-corrected chi connectivity index (χ1v) is 8.86. The first-order valence-electron chi connectivity index (χ1n) is 7.98. The van der Waals surface area contributed by atoms with E-state index in [9.17, 15) is 4.79 Å². The number of nitrogens with one attached hydrogen (secondary N) is 1. The van der Waals surface area contributed by atoms with Crippen molar-refractivity contribution < 1.29 is 9.53 Å². The molecule has 1 atom stereocenters. The van der Waals surface area contributed by atoms with E-state index in [0.717, 1.165) is 22.8 Å². The number of hydrogen-bond donors (Lipinski definition) is 1. The Morgan fingerprint density at radius 3 is 3.08 bits per heavy atom. The van der Waals surface area contributed by atoms with Crippen molar-refractivity contribution >= 4 is 17.2 Å². The lowest BCUT2D eigenvalue weighted by molar-refractivity contribution is -0.124. The zero-order valence-electron chi connectivity index (χ0n) is 13.5. The number of benzene rings is 1. The zero-order chi connectivity index (χ0) is 16.8. The maximum atomic E-state index is 11.8. The van der Waals surface area contributed by atoms with Crippen LogP contribution in [0.2, 0.25) is 0 Å². The molecule has 0 saturated carbocycles. The maximum absolute atomic E-state index is 11.8. The second-order valence-corrected chi connectivity index (χ2v) is 6.51. The number of nitrogens with zero attached hydrogens (tertiary/aromatic N) is 2. The highest BCUT2D eigenvalue weighted by Crippen LogP contribution is 2.29. The molecule has 0 aliphatic carbocycles. The molecule has 1 saturated heterocycles. The first-order chi connectivity index (χ1) is 11.8. The minimum atomic E-state index is -0.0755. The highest BCUT2D eigenvalue weighted by atomic mass is 32.1. The van der Waals surface area contributed by atoms with E-state index in [-0.39, 0.29) is 12.0 Å². The molecule has 2 aromatic rings. The van der Waals surface area contributed by atoms with Crippen molar-refractivity contribution in [3.05, 3.63) is 53.4 Å². The summed E-state index contributed by atoms with van der Waals surface area (Å²) in [7, 11) is 0. The van der Waals surface area contributed by atoms with Gasteiger partial charge < -0.3 is 10.1 Å². The summed E-state index contributed by atoms with van der Waals surface area (Å²) in [6.07, 6.45) is 1.61. The summed E-state index contributed by atoms with van der Waals surface area (Å²) < 4.78 is 5.86. The Hall–Kier alpha value is -2.02. The molecule has 5 nitrogen and oxygen atoms in total. The number of amides is 1. The van der Waals surface area contributed by atoms with Crippen molar-refractivity contribution in [2.45, 2.75) is 6.10 Å². The fourth-order valence-electron chi connectivity index (χ4n) is 2.62. The Morgan fingerprint density at radius 2 is 2.29 bits per heavy atom. The number of aromatic nitrogens is 1. The molecule has 1 fully saturated rings. The Kier molecular flexibility index (Phi) is 5.74. The molecule has 0 bridgehead atoms. The number of rotatable bonds is 6. The van der Waals surface area contributed by atoms with Gasteiger partial charge in [0.2, 0.25) is 5.91 Å². The standard InChI is InChI=1S/C18H21N3O2S/c1-2-8-19-17(22)12-21-9-10-23-16(11-21)18-20-15(13-24-18)14-6-4-3-5-7-14/h2-7,13,16H,1,8-12H2,(H,19,22)/t16-/m1/s1. The van der Waals surface area contributed by atoms with Gasteiger partial charge in [0.1, 0.15) is 11.1 Å². The van der Waals surface area contributed by atoms with Gasteiger partial charge in [0.15, 0.2) is 0 Å². The molecule has 0 unspecified atom stereocenters. The van der Waals surface area contributed by atoms with Crippen molar-refractivity contribution in [1.29, 1.82) is 0 Å². The summed E-state index contributed by atoms with van der Waals surface area (Å²) in [5.41, 5.74) is 2.08. The van der Waals surface area contributed by atoms with Gasteiger partial charge in [-0.25, -0.2) is 4.98 Å². The van der Waals surface area contributed by atoms with Gasteiger partial charge in [0.05, 0.1) is 18.8 Å². The van der Waals surface area contributed by atoms with Crippen LogP contribution in [0.5, 0.6) is 0 Å². The van der Waals surface area contributed by atoms with E-state index in [4.69, 9.17) is 9.72 Å². The smallest absolute Gasteiger partial charge is 0.234 e. The van der Waals surface area contributed by atoms with Crippen LogP contribution in [-0.2, 0) is 9.53 Å². The van der Waals surface area contributed by atoms with Crippen LogP contribution in [0.3, 0.4) is 0 Å². The molecule has 2 heterocycles. The van der Waals surface area contributed by atoms with Crippen LogP contribution < -0.4 is 5.32 Å². The third-order valence-corrected chi connectivity index (χ3v) is 4.77. The number of carbonyl (C=O) groups excluding carboxylic acids is 1. The molecule has 6 heteroatoms. The van der Waals surface area contributed by atoms with Crippen molar-refractivity contribution in [2.24, 2.45) is 0 Å². The summed E-state index contributed by atoms with van der Waals surface area (Å²) in [5, 5.41) is 5.83. The van der Waals surface area contributed by atoms with Gasteiger partial charge in [-0.3, -0.25) is 9.69 Å². The van der Waals surface area contributed by atoms with Gasteiger partial charge in [-0.1, -0.05) is 36.4 Å². The molecule has 0 radical (unpaired) electrons. The van der Waals surface area contributed by atoms with E-state index >= 15 is 0 Å². The summed E-state index contributed by atoms with van der Waals surface area (Å²) >= 11 is 1.61. The fraction of sp³-hybridized carbons (Fsp3) is 0.333. The first kappa shape index (κ1) is 16.8. The quantitative estimate of drug-likeness (QED) is 0.819. The Balaban J connectivity index is 1.62. The summed E-state index contributed by atoms with van der Waals surface area (Å²) in [6, 6.07) is 10.1. The normalized spacial score (nSPS) is 18.2. The van der Waals surface area contributed by atoms with E-state index in [1.807, 2.05) is 18.2 Å². The minimum Gasteiger partial charge on any atom is -0.368 e. The van der Waals surface area contributed by atoms with E-state index in [2.05, 4.69) is 34.3 Å². The van der Waals surface area contributed by atoms with Crippen LogP contribution in [0.15, 0.2) is 48.4 Å². The Morgan fingerprint density at radius 1 is 1.46 bits per heavy atom. The molecule has 1 aromatic carbocycles. The predicted molar refractivity (Wildman–Crippen MR) is 95.9 cm³/mol. The number of ether oxygens (including phenoxy) is 1. The van der Waals surface area contributed by atoms with Crippen molar-refractivity contribution in [1.82, 2.24) is 15.2 Å². The van der Waals surface area contributed by atoms with Gasteiger partial charge in [-0.2, -0.15) is 0 Å². The maximum Gasteiger partial charge on any atom is 0.234 e. The van der Waals surface area contributed by atoms with Crippen LogP contribution in [0.25, 0.3) is 11.3 Å². The number of carbonyl (C=O) groups is 1. The lowest BCUT2D eigenvalue weighted by atomic mass is 10.2. The molecule has 1 amide bonds. The summed E-state index contributed by atoms with van der Waals surface area (Å²) in [5.74, 6) is 0.0136. The largest absolute Gasteiger partial charge is 0.368 e. The SMILES string of the molecule is C=CCNC(=O)CN1CCO[C@@H](c2nc(-c3ccccc3)cs2)C1. The molecule has 126 valence electrons. The molecule has 1 aliphatic heterocycles. The third-order valence-electron chi connectivity index (χ3n) is 3.83. The topological polar surface area (TPSA) is 54.5 Å². The zero-order valence-corrected chi connectivity index (χ0v) is 14.3. The van der Waals surface area contributed by atoms with Crippen LogP contribution in [0, 0.1) is 0 Å². The molecular weight excluding hydrogens is 322 g/mol. The summed E-state index contributed by atoms with van der Waals surface area (Å²) in [4.78, 5) is 18.7. The van der Waals surface area contributed by atoms with E-state index < -0.39 is 0 Å². The van der Waals surface area contributed by atoms with Gasteiger partial charge in [0.25, 0.3) is 0 Å². The van der Waals surface area contributed by atoms with E-state index in [1.165, 1.54) is 0 Å². The molecule has 1 N–H and O–H groups in total. The third kappa shape index (κ3) is 4.29. The van der Waals surface area contributed by atoms with Crippen LogP contribution in [-0.4, -0.2) is 48.6 Å². The molecule has 0 spiro atoms. The molecule has 1 aliphatic rings. The lowest BCUT2D eigenvalue weighted by Gasteiger charge is -2.31. The van der Waals surface area contributed by atoms with Crippen LogP contribution >= 0.6 is 11.3 Å². The van der Waals surface area contributed by atoms with Crippen molar-refractivity contribution in [3.63, 3.8) is 0 Å². The number of thiazole rings is 1. The average Bonchev–Trinajstić information content (AvgIpc) is 3.11. The fourth-order valence-corrected chi connectivity index (χ4v) is 3.48. The summed E-state index contributed by atoms with van der Waals surface area (Å²) in [6.45, 7) is 6.54. The Labute approximate surface area is 146 Å². The van der Waals surface area contributed by atoms with Gasteiger partial charge >= 0.3 is 0 Å². The average molecular weight is 343 g/mol. The molecule has 24 heavy (non-hydrogen) atoms. The molecular formula is C18H21N3O2S. The lowest BCUT2D eigenvalue weighted by Crippen LogP contribution is -2.44. The van der Waals surface area contributed by atoms with E-state index in [1.54, 1.807) is 17.4 Å². The Bertz CT molecular complexity index is 687. The second kappa shape index (κ2) is 8.19. The monoisotopic (exact) mass is 343 g/mol.